The summed E-state index contributed by atoms with van der Waals surface area (Å²) in [6.45, 7) is 1.01. The van der Waals surface area contributed by atoms with Gasteiger partial charge in [-0.15, -0.1) is 0 Å². The van der Waals surface area contributed by atoms with Crippen LogP contribution < -0.4 is 5.32 Å². The van der Waals surface area contributed by atoms with E-state index in [0.29, 0.717) is 5.56 Å². The van der Waals surface area contributed by atoms with Crippen LogP contribution in [0.2, 0.25) is 5.02 Å². The van der Waals surface area contributed by atoms with Gasteiger partial charge >= 0.3 is 6.18 Å². The molecule has 28 heavy (non-hydrogen) atoms. The van der Waals surface area contributed by atoms with E-state index in [4.69, 9.17) is 11.6 Å². The van der Waals surface area contributed by atoms with Crippen molar-refractivity contribution in [3.05, 3.63) is 64.7 Å². The number of hydrogen-bond donors (Lipinski definition) is 2. The topological polar surface area (TPSA) is 83.5 Å². The Bertz CT molecular complexity index is 958. The number of halogens is 4. The Morgan fingerprint density at radius 2 is 1.68 bits per heavy atom. The first-order valence-corrected chi connectivity index (χ1v) is 10.1. The summed E-state index contributed by atoms with van der Waals surface area (Å²) in [4.78, 5) is 12.2. The maximum atomic E-state index is 12.6. The molecule has 0 fully saturated rings. The van der Waals surface area contributed by atoms with E-state index in [1.807, 2.05) is 0 Å². The molecule has 0 unspecified atom stereocenters. The highest BCUT2D eigenvalue weighted by molar-refractivity contribution is 7.90. The van der Waals surface area contributed by atoms with E-state index in [1.54, 1.807) is 12.1 Å². The van der Waals surface area contributed by atoms with Gasteiger partial charge in [0.25, 0.3) is 5.91 Å². The molecule has 1 amide bonds. The van der Waals surface area contributed by atoms with Gasteiger partial charge in [0.15, 0.2) is 15.4 Å². The normalized spacial score (nSPS) is 14.4. The number of anilines is 1. The minimum Gasteiger partial charge on any atom is -0.379 e. The van der Waals surface area contributed by atoms with Gasteiger partial charge in [-0.3, -0.25) is 4.79 Å². The lowest BCUT2D eigenvalue weighted by Gasteiger charge is -2.22. The highest BCUT2D eigenvalue weighted by Crippen LogP contribution is 2.30. The molecule has 0 spiro atoms. The third kappa shape index (κ3) is 5.95. The van der Waals surface area contributed by atoms with Crippen molar-refractivity contribution >= 4 is 33.0 Å². The molecule has 0 saturated heterocycles. The van der Waals surface area contributed by atoms with Crippen molar-refractivity contribution in [3.8, 4) is 0 Å². The summed E-state index contributed by atoms with van der Waals surface area (Å²) in [5.41, 5.74) is -2.90. The first kappa shape index (κ1) is 22.2. The van der Waals surface area contributed by atoms with E-state index in [9.17, 15) is 31.5 Å². The fourth-order valence-corrected chi connectivity index (χ4v) is 4.50. The van der Waals surface area contributed by atoms with Crippen molar-refractivity contribution in [3.63, 3.8) is 0 Å². The highest BCUT2D eigenvalue weighted by atomic mass is 35.5. The molecule has 0 radical (unpaired) electrons. The zero-order chi connectivity index (χ0) is 21.2. The fraction of sp³-hybridized carbons (Fsp3) is 0.278. The monoisotopic (exact) mass is 435 g/mol. The molecule has 2 rings (SSSR count). The summed E-state index contributed by atoms with van der Waals surface area (Å²) in [7, 11) is -3.92. The second kappa shape index (κ2) is 8.10. The molecule has 2 aromatic carbocycles. The van der Waals surface area contributed by atoms with Crippen molar-refractivity contribution in [1.82, 2.24) is 0 Å². The molecule has 0 aliphatic carbocycles. The van der Waals surface area contributed by atoms with E-state index in [0.717, 1.165) is 31.2 Å². The SMILES string of the molecule is C[C@](O)(CS(=O)(=O)Cc1ccccc1Cl)C(=O)Nc1ccc(C(F)(F)F)cc1. The average molecular weight is 436 g/mol. The number of nitrogens with one attached hydrogen (secondary N) is 1. The second-order valence-electron chi connectivity index (χ2n) is 6.43. The fourth-order valence-electron chi connectivity index (χ4n) is 2.41. The summed E-state index contributed by atoms with van der Waals surface area (Å²) in [6, 6.07) is 9.80. The van der Waals surface area contributed by atoms with Gasteiger partial charge in [0.05, 0.1) is 17.1 Å². The molecule has 0 bridgehead atoms. The first-order chi connectivity index (χ1) is 12.8. The van der Waals surface area contributed by atoms with Crippen LogP contribution in [0.1, 0.15) is 18.1 Å². The summed E-state index contributed by atoms with van der Waals surface area (Å²) >= 11 is 5.93. The van der Waals surface area contributed by atoms with Gasteiger partial charge in [0.1, 0.15) is 0 Å². The van der Waals surface area contributed by atoms with Gasteiger partial charge in [0.2, 0.25) is 0 Å². The minimum atomic E-state index is -4.53. The van der Waals surface area contributed by atoms with Crippen LogP contribution in [-0.4, -0.2) is 30.8 Å². The minimum absolute atomic E-state index is 0.0122. The molecule has 152 valence electrons. The van der Waals surface area contributed by atoms with Gasteiger partial charge in [-0.1, -0.05) is 29.8 Å². The largest absolute Gasteiger partial charge is 0.416 e. The Morgan fingerprint density at radius 3 is 2.21 bits per heavy atom. The lowest BCUT2D eigenvalue weighted by atomic mass is 10.1. The Balaban J connectivity index is 2.08. The average Bonchev–Trinajstić information content (AvgIpc) is 2.55. The smallest absolute Gasteiger partial charge is 0.379 e. The molecule has 0 saturated carbocycles. The van der Waals surface area contributed by atoms with E-state index >= 15 is 0 Å². The van der Waals surface area contributed by atoms with E-state index in [-0.39, 0.29) is 10.7 Å². The lowest BCUT2D eigenvalue weighted by molar-refractivity contribution is -0.137. The zero-order valence-electron chi connectivity index (χ0n) is 14.6. The van der Waals surface area contributed by atoms with Crippen molar-refractivity contribution in [2.75, 3.05) is 11.1 Å². The van der Waals surface area contributed by atoms with E-state index in [2.05, 4.69) is 5.32 Å². The Hall–Kier alpha value is -2.10. The van der Waals surface area contributed by atoms with Gasteiger partial charge < -0.3 is 10.4 Å². The van der Waals surface area contributed by atoms with Crippen molar-refractivity contribution in [1.29, 1.82) is 0 Å². The number of sulfone groups is 1. The highest BCUT2D eigenvalue weighted by Gasteiger charge is 2.36. The number of hydrogen-bond acceptors (Lipinski definition) is 4. The quantitative estimate of drug-likeness (QED) is 0.725. The summed E-state index contributed by atoms with van der Waals surface area (Å²) in [6.07, 6.45) is -4.53. The van der Waals surface area contributed by atoms with Gasteiger partial charge in [-0.2, -0.15) is 13.2 Å². The molecule has 2 aromatic rings. The molecule has 5 nitrogen and oxygen atoms in total. The van der Waals surface area contributed by atoms with E-state index < -0.39 is 44.6 Å². The number of rotatable bonds is 6. The maximum absolute atomic E-state index is 12.6. The third-order valence-corrected chi connectivity index (χ3v) is 5.91. The number of aliphatic hydroxyl groups is 1. The Labute approximate surface area is 165 Å². The summed E-state index contributed by atoms with van der Waals surface area (Å²) in [5.74, 6) is -2.43. The molecule has 0 aliphatic rings. The van der Waals surface area contributed by atoms with Crippen LogP contribution in [0.5, 0.6) is 0 Å². The molecule has 2 N–H and O–H groups in total. The van der Waals surface area contributed by atoms with Gasteiger partial charge in [-0.05, 0) is 42.8 Å². The van der Waals surface area contributed by atoms with Crippen molar-refractivity contribution < 1.29 is 31.5 Å². The molecule has 0 heterocycles. The Kier molecular flexibility index (Phi) is 6.42. The van der Waals surface area contributed by atoms with Crippen LogP contribution in [0.15, 0.2) is 48.5 Å². The molecule has 10 heteroatoms. The van der Waals surface area contributed by atoms with Crippen LogP contribution in [0.4, 0.5) is 18.9 Å². The number of benzene rings is 2. The van der Waals surface area contributed by atoms with E-state index in [1.165, 1.54) is 12.1 Å². The zero-order valence-corrected chi connectivity index (χ0v) is 16.2. The molecule has 1 atom stereocenters. The first-order valence-electron chi connectivity index (χ1n) is 7.95. The van der Waals surface area contributed by atoms with Crippen molar-refractivity contribution in [2.45, 2.75) is 24.5 Å². The van der Waals surface area contributed by atoms with Crippen molar-refractivity contribution in [2.24, 2.45) is 0 Å². The number of carbonyl (C=O) groups excluding carboxylic acids is 1. The van der Waals surface area contributed by atoms with Gasteiger partial charge in [-0.25, -0.2) is 8.42 Å². The summed E-state index contributed by atoms with van der Waals surface area (Å²) in [5, 5.41) is 12.8. The predicted molar refractivity (Wildman–Crippen MR) is 99.6 cm³/mol. The molecule has 0 aromatic heterocycles. The molecule has 0 aliphatic heterocycles. The lowest BCUT2D eigenvalue weighted by Crippen LogP contribution is -2.46. The molecular formula is C18H17ClF3NO4S. The van der Waals surface area contributed by atoms with Crippen LogP contribution in [-0.2, 0) is 26.6 Å². The second-order valence-corrected chi connectivity index (χ2v) is 8.90. The third-order valence-electron chi connectivity index (χ3n) is 3.79. The molecular weight excluding hydrogens is 419 g/mol. The predicted octanol–water partition coefficient (Wildman–Crippen LogP) is 3.66. The van der Waals surface area contributed by atoms with Crippen LogP contribution in [0.25, 0.3) is 0 Å². The standard InChI is InChI=1S/C18H17ClF3NO4S/c1-17(25,11-28(26,27)10-12-4-2-3-5-15(12)19)16(24)23-14-8-6-13(7-9-14)18(20,21)22/h2-9,25H,10-11H2,1H3,(H,23,24)/t17-/m0/s1. The number of carbonyl (C=O) groups is 1. The number of amides is 1. The van der Waals surface area contributed by atoms with Crippen LogP contribution in [0.3, 0.4) is 0 Å². The van der Waals surface area contributed by atoms with Crippen LogP contribution in [0, 0.1) is 0 Å². The number of alkyl halides is 3. The van der Waals surface area contributed by atoms with Gasteiger partial charge in [0, 0.05) is 10.7 Å². The Morgan fingerprint density at radius 1 is 1.11 bits per heavy atom. The van der Waals surface area contributed by atoms with Crippen LogP contribution >= 0.6 is 11.6 Å². The maximum Gasteiger partial charge on any atom is 0.416 e. The summed E-state index contributed by atoms with van der Waals surface area (Å²) < 4.78 is 62.4.